The van der Waals surface area contributed by atoms with Crippen LogP contribution in [-0.2, 0) is 11.3 Å². The van der Waals surface area contributed by atoms with Crippen molar-refractivity contribution in [3.63, 3.8) is 0 Å². The Morgan fingerprint density at radius 2 is 2.18 bits per heavy atom. The fourth-order valence-corrected chi connectivity index (χ4v) is 2.50. The Bertz CT molecular complexity index is 626. The van der Waals surface area contributed by atoms with E-state index in [-0.39, 0.29) is 12.1 Å². The molecule has 1 aromatic carbocycles. The van der Waals surface area contributed by atoms with E-state index in [4.69, 9.17) is 4.74 Å². The maximum atomic E-state index is 12.3. The fraction of sp³-hybridized carbons (Fsp3) is 0.375. The van der Waals surface area contributed by atoms with Gasteiger partial charge in [0, 0.05) is 18.8 Å². The van der Waals surface area contributed by atoms with E-state index < -0.39 is 0 Å². The number of hydrogen-bond donors (Lipinski definition) is 1. The third-order valence-electron chi connectivity index (χ3n) is 3.69. The van der Waals surface area contributed by atoms with Crippen molar-refractivity contribution in [3.8, 4) is 0 Å². The zero-order chi connectivity index (χ0) is 15.4. The van der Waals surface area contributed by atoms with Crippen LogP contribution >= 0.6 is 0 Å². The highest BCUT2D eigenvalue weighted by Crippen LogP contribution is 2.11. The molecule has 0 radical (unpaired) electrons. The van der Waals surface area contributed by atoms with Crippen LogP contribution in [0.4, 0.5) is 10.6 Å². The second-order valence-corrected chi connectivity index (χ2v) is 5.43. The first-order valence-corrected chi connectivity index (χ1v) is 7.45. The minimum Gasteiger partial charge on any atom is -0.377 e. The first-order chi connectivity index (χ1) is 10.7. The van der Waals surface area contributed by atoms with Crippen LogP contribution in [0.5, 0.6) is 0 Å². The van der Waals surface area contributed by atoms with E-state index in [2.05, 4.69) is 22.5 Å². The Kier molecular flexibility index (Phi) is 4.39. The van der Waals surface area contributed by atoms with Crippen LogP contribution in [0.15, 0.2) is 42.6 Å². The van der Waals surface area contributed by atoms with E-state index in [1.807, 2.05) is 42.1 Å². The van der Waals surface area contributed by atoms with E-state index in [9.17, 15) is 4.79 Å². The van der Waals surface area contributed by atoms with Crippen LogP contribution in [0, 0.1) is 0 Å². The molecule has 1 atom stereocenters. The minimum absolute atomic E-state index is 0.0835. The van der Waals surface area contributed by atoms with Crippen molar-refractivity contribution >= 4 is 11.8 Å². The Morgan fingerprint density at radius 3 is 2.95 bits per heavy atom. The number of carbonyl (C=O) groups excluding carboxylic acids is 1. The van der Waals surface area contributed by atoms with Gasteiger partial charge in [-0.2, -0.15) is 5.10 Å². The van der Waals surface area contributed by atoms with Gasteiger partial charge < -0.3 is 9.64 Å². The molecule has 0 saturated carbocycles. The van der Waals surface area contributed by atoms with Crippen LogP contribution in [0.25, 0.3) is 0 Å². The lowest BCUT2D eigenvalue weighted by molar-refractivity contribution is 0.0221. The summed E-state index contributed by atoms with van der Waals surface area (Å²) in [6.45, 7) is 4.44. The van der Waals surface area contributed by atoms with Crippen LogP contribution in [0.3, 0.4) is 0 Å². The Labute approximate surface area is 129 Å². The summed E-state index contributed by atoms with van der Waals surface area (Å²) in [4.78, 5) is 14.0. The van der Waals surface area contributed by atoms with Crippen molar-refractivity contribution in [1.29, 1.82) is 0 Å². The van der Waals surface area contributed by atoms with Crippen molar-refractivity contribution in [2.45, 2.75) is 19.5 Å². The van der Waals surface area contributed by atoms with Gasteiger partial charge >= 0.3 is 6.03 Å². The summed E-state index contributed by atoms with van der Waals surface area (Å²) in [6, 6.07) is 11.9. The summed E-state index contributed by atoms with van der Waals surface area (Å²) in [5.74, 6) is 0.569. The summed E-state index contributed by atoms with van der Waals surface area (Å²) in [6.07, 6.45) is 1.87. The highest BCUT2D eigenvalue weighted by atomic mass is 16.5. The number of nitrogens with one attached hydrogen (secondary N) is 1. The topological polar surface area (TPSA) is 59.4 Å². The zero-order valence-electron chi connectivity index (χ0n) is 12.6. The number of rotatable bonds is 3. The quantitative estimate of drug-likeness (QED) is 0.945. The first-order valence-electron chi connectivity index (χ1n) is 7.45. The first kappa shape index (κ1) is 14.6. The number of carbonyl (C=O) groups is 1. The lowest BCUT2D eigenvalue weighted by atomic mass is 10.2. The highest BCUT2D eigenvalue weighted by molar-refractivity contribution is 5.88. The number of nitrogens with zero attached hydrogens (tertiary/aromatic N) is 3. The lowest BCUT2D eigenvalue weighted by Crippen LogP contribution is -2.48. The smallest absolute Gasteiger partial charge is 0.323 e. The fourth-order valence-electron chi connectivity index (χ4n) is 2.50. The van der Waals surface area contributed by atoms with Gasteiger partial charge in [0.15, 0.2) is 5.82 Å². The minimum atomic E-state index is -0.124. The molecule has 1 fully saturated rings. The third kappa shape index (κ3) is 3.46. The van der Waals surface area contributed by atoms with Crippen molar-refractivity contribution in [1.82, 2.24) is 14.7 Å². The molecule has 3 rings (SSSR count). The normalized spacial score (nSPS) is 18.2. The SMILES string of the molecule is C[C@@H]1COCCN1C(=O)Nc1ccn(Cc2ccccc2)n1. The molecular formula is C16H20N4O2. The van der Waals surface area contributed by atoms with E-state index in [1.165, 1.54) is 5.56 Å². The van der Waals surface area contributed by atoms with Gasteiger partial charge in [-0.25, -0.2) is 4.79 Å². The van der Waals surface area contributed by atoms with E-state index >= 15 is 0 Å². The molecule has 116 valence electrons. The van der Waals surface area contributed by atoms with Gasteiger partial charge in [0.05, 0.1) is 25.8 Å². The molecule has 1 saturated heterocycles. The molecule has 0 bridgehead atoms. The monoisotopic (exact) mass is 300 g/mol. The van der Waals surface area contributed by atoms with Gasteiger partial charge in [-0.05, 0) is 12.5 Å². The van der Waals surface area contributed by atoms with Gasteiger partial charge in [-0.1, -0.05) is 30.3 Å². The molecular weight excluding hydrogens is 280 g/mol. The van der Waals surface area contributed by atoms with Crippen molar-refractivity contribution in [2.75, 3.05) is 25.1 Å². The second kappa shape index (κ2) is 6.62. The maximum absolute atomic E-state index is 12.3. The summed E-state index contributed by atoms with van der Waals surface area (Å²) in [5.41, 5.74) is 1.17. The Morgan fingerprint density at radius 1 is 1.36 bits per heavy atom. The van der Waals surface area contributed by atoms with Gasteiger partial charge in [-0.3, -0.25) is 10.00 Å². The summed E-state index contributed by atoms with van der Waals surface area (Å²) in [7, 11) is 0. The number of morpholine rings is 1. The van der Waals surface area contributed by atoms with Gasteiger partial charge in [0.2, 0.25) is 0 Å². The Hall–Kier alpha value is -2.34. The third-order valence-corrected chi connectivity index (χ3v) is 3.69. The molecule has 0 unspecified atom stereocenters. The van der Waals surface area contributed by atoms with Gasteiger partial charge in [-0.15, -0.1) is 0 Å². The molecule has 2 aromatic rings. The average molecular weight is 300 g/mol. The lowest BCUT2D eigenvalue weighted by Gasteiger charge is -2.32. The highest BCUT2D eigenvalue weighted by Gasteiger charge is 2.24. The van der Waals surface area contributed by atoms with Crippen molar-refractivity contribution in [3.05, 3.63) is 48.2 Å². The van der Waals surface area contributed by atoms with Crippen LogP contribution in [0.1, 0.15) is 12.5 Å². The molecule has 1 aliphatic rings. The largest absolute Gasteiger partial charge is 0.377 e. The van der Waals surface area contributed by atoms with Crippen molar-refractivity contribution < 1.29 is 9.53 Å². The van der Waals surface area contributed by atoms with Gasteiger partial charge in [0.25, 0.3) is 0 Å². The number of aromatic nitrogens is 2. The zero-order valence-corrected chi connectivity index (χ0v) is 12.6. The van der Waals surface area contributed by atoms with Crippen LogP contribution in [0.2, 0.25) is 0 Å². The summed E-state index contributed by atoms with van der Waals surface area (Å²) in [5, 5.41) is 7.24. The molecule has 6 heteroatoms. The van der Waals surface area contributed by atoms with E-state index in [1.54, 1.807) is 4.90 Å². The number of benzene rings is 1. The molecule has 0 aliphatic carbocycles. The summed E-state index contributed by atoms with van der Waals surface area (Å²) < 4.78 is 7.15. The molecule has 6 nitrogen and oxygen atoms in total. The predicted molar refractivity (Wildman–Crippen MR) is 83.8 cm³/mol. The number of urea groups is 1. The second-order valence-electron chi connectivity index (χ2n) is 5.43. The average Bonchev–Trinajstić information content (AvgIpc) is 2.95. The molecule has 1 aliphatic heterocycles. The van der Waals surface area contributed by atoms with Gasteiger partial charge in [0.1, 0.15) is 0 Å². The molecule has 2 heterocycles. The predicted octanol–water partition coefficient (Wildman–Crippen LogP) is 2.18. The number of anilines is 1. The van der Waals surface area contributed by atoms with Crippen LogP contribution < -0.4 is 5.32 Å². The van der Waals surface area contributed by atoms with E-state index in [0.717, 1.165) is 0 Å². The number of ether oxygens (including phenoxy) is 1. The van der Waals surface area contributed by atoms with E-state index in [0.29, 0.717) is 32.1 Å². The standard InChI is InChI=1S/C16H20N4O2/c1-13-12-22-10-9-20(13)16(21)17-15-7-8-19(18-15)11-14-5-3-2-4-6-14/h2-8,13H,9-12H2,1H3,(H,17,18,21)/t13-/m1/s1. The maximum Gasteiger partial charge on any atom is 0.323 e. The molecule has 2 amide bonds. The molecule has 0 spiro atoms. The molecule has 1 N–H and O–H groups in total. The Balaban J connectivity index is 1.60. The molecule has 22 heavy (non-hydrogen) atoms. The summed E-state index contributed by atoms with van der Waals surface area (Å²) >= 11 is 0. The van der Waals surface area contributed by atoms with Crippen molar-refractivity contribution in [2.24, 2.45) is 0 Å². The number of hydrogen-bond acceptors (Lipinski definition) is 3. The number of amides is 2. The van der Waals surface area contributed by atoms with Crippen LogP contribution in [-0.4, -0.2) is 46.5 Å². The molecule has 1 aromatic heterocycles.